The first kappa shape index (κ1) is 16.6. The molecule has 0 bridgehead atoms. The first-order chi connectivity index (χ1) is 12.1. The lowest BCUT2D eigenvalue weighted by molar-refractivity contribution is -0.135. The van der Waals surface area contributed by atoms with Crippen molar-refractivity contribution in [3.05, 3.63) is 46.2 Å². The summed E-state index contributed by atoms with van der Waals surface area (Å²) in [6.07, 6.45) is 3.46. The van der Waals surface area contributed by atoms with Gasteiger partial charge in [-0.25, -0.2) is 0 Å². The number of carbonyl (C=O) groups is 2. The van der Waals surface area contributed by atoms with Crippen LogP contribution in [0.25, 0.3) is 0 Å². The molecule has 0 radical (unpaired) electrons. The third-order valence-electron chi connectivity index (χ3n) is 5.39. The summed E-state index contributed by atoms with van der Waals surface area (Å²) >= 11 is 5.98. The molecule has 1 amide bonds. The summed E-state index contributed by atoms with van der Waals surface area (Å²) in [6, 6.07) is 6.62. The van der Waals surface area contributed by atoms with Crippen molar-refractivity contribution in [3.63, 3.8) is 0 Å². The van der Waals surface area contributed by atoms with E-state index in [1.54, 1.807) is 12.1 Å². The normalized spacial score (nSPS) is 28.7. The zero-order valence-corrected chi connectivity index (χ0v) is 14.5. The second-order valence-electron chi connectivity index (χ2n) is 6.83. The van der Waals surface area contributed by atoms with E-state index in [9.17, 15) is 14.7 Å². The molecule has 0 aromatic heterocycles. The average Bonchev–Trinajstić information content (AvgIpc) is 2.89. The van der Waals surface area contributed by atoms with Gasteiger partial charge in [0.25, 0.3) is 5.91 Å². The summed E-state index contributed by atoms with van der Waals surface area (Å²) in [5.74, 6) is -0.258. The van der Waals surface area contributed by atoms with Gasteiger partial charge in [0.1, 0.15) is 6.10 Å². The lowest BCUT2D eigenvalue weighted by Gasteiger charge is -2.35. The van der Waals surface area contributed by atoms with E-state index in [1.165, 1.54) is 4.90 Å². The number of benzene rings is 1. The van der Waals surface area contributed by atoms with Gasteiger partial charge in [0.2, 0.25) is 0 Å². The van der Waals surface area contributed by atoms with Gasteiger partial charge in [-0.2, -0.15) is 0 Å². The van der Waals surface area contributed by atoms with Crippen molar-refractivity contribution in [1.82, 2.24) is 4.90 Å². The van der Waals surface area contributed by atoms with Crippen LogP contribution in [0.3, 0.4) is 0 Å². The Balaban J connectivity index is 1.79. The number of hydrogen-bond donors (Lipinski definition) is 1. The topological polar surface area (TPSA) is 66.8 Å². The van der Waals surface area contributed by atoms with Gasteiger partial charge < -0.3 is 14.7 Å². The molecule has 1 aliphatic carbocycles. The standard InChI is InChI=1S/C19H20ClNO4/c20-12-7-5-11(6-8-12)16-15-17(23)13-3-1-2-4-14(13)25-18(15)19(24)21(16)9-10-22/h5-8,13-14,16,22H,1-4,9-10H2. The van der Waals surface area contributed by atoms with Crippen LogP contribution in [-0.4, -0.2) is 41.0 Å². The van der Waals surface area contributed by atoms with E-state index in [4.69, 9.17) is 16.3 Å². The van der Waals surface area contributed by atoms with Crippen molar-refractivity contribution in [2.75, 3.05) is 13.2 Å². The van der Waals surface area contributed by atoms with Crippen LogP contribution in [0.15, 0.2) is 35.6 Å². The number of ketones is 1. The number of rotatable bonds is 3. The van der Waals surface area contributed by atoms with E-state index in [-0.39, 0.29) is 42.6 Å². The predicted molar refractivity (Wildman–Crippen MR) is 91.9 cm³/mol. The Kier molecular flexibility index (Phi) is 4.29. The fraction of sp³-hybridized carbons (Fsp3) is 0.474. The Morgan fingerprint density at radius 1 is 1.16 bits per heavy atom. The SMILES string of the molecule is O=C1C2=C(OC3CCCCC13)C(=O)N(CCO)C2c1ccc(Cl)cc1. The zero-order valence-electron chi connectivity index (χ0n) is 13.8. The summed E-state index contributed by atoms with van der Waals surface area (Å²) in [5, 5.41) is 9.99. The molecule has 1 N–H and O–H groups in total. The molecular formula is C19H20ClNO4. The molecule has 6 heteroatoms. The van der Waals surface area contributed by atoms with Crippen LogP contribution in [0.1, 0.15) is 37.3 Å². The number of halogens is 1. The fourth-order valence-electron chi connectivity index (χ4n) is 4.22. The largest absolute Gasteiger partial charge is 0.483 e. The van der Waals surface area contributed by atoms with E-state index < -0.39 is 6.04 Å². The van der Waals surface area contributed by atoms with Crippen molar-refractivity contribution < 1.29 is 19.4 Å². The third kappa shape index (κ3) is 2.66. The maximum Gasteiger partial charge on any atom is 0.290 e. The van der Waals surface area contributed by atoms with Gasteiger partial charge in [0, 0.05) is 11.6 Å². The lowest BCUT2D eigenvalue weighted by atomic mass is 9.77. The number of ether oxygens (including phenoxy) is 1. The third-order valence-corrected chi connectivity index (χ3v) is 5.64. The first-order valence-electron chi connectivity index (χ1n) is 8.74. The van der Waals surface area contributed by atoms with Crippen molar-refractivity contribution >= 4 is 23.3 Å². The number of aliphatic hydroxyl groups is 1. The Morgan fingerprint density at radius 2 is 1.88 bits per heavy atom. The van der Waals surface area contributed by atoms with Gasteiger partial charge in [-0.05, 0) is 37.0 Å². The highest BCUT2D eigenvalue weighted by Gasteiger charge is 2.51. The predicted octanol–water partition coefficient (Wildman–Crippen LogP) is 2.63. The number of fused-ring (bicyclic) bond motifs is 1. The van der Waals surface area contributed by atoms with Crippen LogP contribution in [0.2, 0.25) is 5.02 Å². The van der Waals surface area contributed by atoms with Crippen LogP contribution in [-0.2, 0) is 14.3 Å². The van der Waals surface area contributed by atoms with E-state index in [0.29, 0.717) is 10.6 Å². The Morgan fingerprint density at radius 3 is 2.60 bits per heavy atom. The number of Topliss-reactive ketones (excluding diaryl/α,β-unsaturated/α-hetero) is 1. The molecule has 132 valence electrons. The molecule has 5 nitrogen and oxygen atoms in total. The smallest absolute Gasteiger partial charge is 0.290 e. The summed E-state index contributed by atoms with van der Waals surface area (Å²) in [5.41, 5.74) is 1.26. The maximum atomic E-state index is 13.2. The number of β-amino-alcohol motifs (C(OH)–C–C–N with tert-alkyl or cyclic N) is 1. The van der Waals surface area contributed by atoms with E-state index >= 15 is 0 Å². The lowest BCUT2D eigenvalue weighted by Crippen LogP contribution is -2.39. The Bertz CT molecular complexity index is 742. The maximum absolute atomic E-state index is 13.2. The molecule has 0 saturated heterocycles. The number of hydrogen-bond acceptors (Lipinski definition) is 4. The van der Waals surface area contributed by atoms with Gasteiger partial charge in [-0.1, -0.05) is 30.2 Å². The molecule has 2 heterocycles. The first-order valence-corrected chi connectivity index (χ1v) is 9.12. The van der Waals surface area contributed by atoms with Crippen molar-refractivity contribution in [1.29, 1.82) is 0 Å². The molecule has 0 spiro atoms. The molecule has 4 rings (SSSR count). The molecule has 1 aromatic carbocycles. The van der Waals surface area contributed by atoms with Crippen molar-refractivity contribution in [2.24, 2.45) is 5.92 Å². The number of carbonyl (C=O) groups excluding carboxylic acids is 2. The monoisotopic (exact) mass is 361 g/mol. The van der Waals surface area contributed by atoms with Gasteiger partial charge in [0.05, 0.1) is 24.1 Å². The summed E-state index contributed by atoms with van der Waals surface area (Å²) in [7, 11) is 0. The second-order valence-corrected chi connectivity index (χ2v) is 7.27. The molecule has 3 aliphatic rings. The molecule has 3 unspecified atom stereocenters. The highest BCUT2D eigenvalue weighted by molar-refractivity contribution is 6.30. The van der Waals surface area contributed by atoms with Gasteiger partial charge >= 0.3 is 0 Å². The molecule has 3 atom stereocenters. The number of nitrogens with zero attached hydrogens (tertiary/aromatic N) is 1. The average molecular weight is 362 g/mol. The zero-order chi connectivity index (χ0) is 17.6. The van der Waals surface area contributed by atoms with E-state index in [2.05, 4.69) is 0 Å². The summed E-state index contributed by atoms with van der Waals surface area (Å²) in [4.78, 5) is 27.6. The molecule has 1 fully saturated rings. The minimum absolute atomic E-state index is 0.0275. The number of aliphatic hydroxyl groups excluding tert-OH is 1. The Hall–Kier alpha value is -1.85. The van der Waals surface area contributed by atoms with Crippen molar-refractivity contribution in [2.45, 2.75) is 37.8 Å². The highest BCUT2D eigenvalue weighted by Crippen LogP contribution is 2.46. The second kappa shape index (κ2) is 6.46. The fourth-order valence-corrected chi connectivity index (χ4v) is 4.35. The summed E-state index contributed by atoms with van der Waals surface area (Å²) < 4.78 is 6.01. The Labute approximate surface area is 151 Å². The van der Waals surface area contributed by atoms with Crippen LogP contribution in [0.5, 0.6) is 0 Å². The number of amides is 1. The van der Waals surface area contributed by atoms with Crippen LogP contribution in [0.4, 0.5) is 0 Å². The molecule has 2 aliphatic heterocycles. The van der Waals surface area contributed by atoms with Crippen molar-refractivity contribution in [3.8, 4) is 0 Å². The van der Waals surface area contributed by atoms with Gasteiger partial charge in [-0.15, -0.1) is 0 Å². The summed E-state index contributed by atoms with van der Waals surface area (Å²) in [6.45, 7) is -0.0114. The van der Waals surface area contributed by atoms with Crippen LogP contribution in [0, 0.1) is 5.92 Å². The minimum atomic E-state index is -0.512. The van der Waals surface area contributed by atoms with Gasteiger partial charge in [-0.3, -0.25) is 9.59 Å². The highest BCUT2D eigenvalue weighted by atomic mass is 35.5. The minimum Gasteiger partial charge on any atom is -0.483 e. The van der Waals surface area contributed by atoms with Gasteiger partial charge in [0.15, 0.2) is 11.5 Å². The van der Waals surface area contributed by atoms with E-state index in [1.807, 2.05) is 12.1 Å². The molecule has 1 aromatic rings. The quantitative estimate of drug-likeness (QED) is 0.898. The molecule has 1 saturated carbocycles. The van der Waals surface area contributed by atoms with E-state index in [0.717, 1.165) is 31.2 Å². The van der Waals surface area contributed by atoms with Crippen LogP contribution >= 0.6 is 11.6 Å². The molecule has 25 heavy (non-hydrogen) atoms. The molecular weight excluding hydrogens is 342 g/mol. The van der Waals surface area contributed by atoms with Crippen LogP contribution < -0.4 is 0 Å².